The molecule has 1 aliphatic carbocycles. The van der Waals surface area contributed by atoms with Crippen molar-refractivity contribution in [2.75, 3.05) is 11.4 Å². The number of allylic oxidation sites excluding steroid dienone is 1. The van der Waals surface area contributed by atoms with Crippen molar-refractivity contribution in [3.8, 4) is 0 Å². The number of benzene rings is 1. The summed E-state index contributed by atoms with van der Waals surface area (Å²) in [7, 11) is 0. The van der Waals surface area contributed by atoms with E-state index in [-0.39, 0.29) is 17.4 Å². The maximum absolute atomic E-state index is 13.1. The van der Waals surface area contributed by atoms with Crippen molar-refractivity contribution in [3.05, 3.63) is 53.6 Å². The van der Waals surface area contributed by atoms with Crippen molar-refractivity contribution in [1.29, 1.82) is 0 Å². The Balaban J connectivity index is 1.95. The van der Waals surface area contributed by atoms with Crippen molar-refractivity contribution in [1.82, 2.24) is 0 Å². The number of hydrogen-bond donors (Lipinski definition) is 1. The van der Waals surface area contributed by atoms with Crippen LogP contribution < -0.4 is 10.6 Å². The topological polar surface area (TPSA) is 46.3 Å². The molecule has 1 aliphatic heterocycles. The molecule has 1 aromatic rings. The zero-order valence-electron chi connectivity index (χ0n) is 14.9. The number of para-hydroxylation sites is 1. The predicted molar refractivity (Wildman–Crippen MR) is 100 cm³/mol. The maximum atomic E-state index is 13.1. The Labute approximate surface area is 159 Å². The van der Waals surface area contributed by atoms with E-state index in [0.717, 1.165) is 36.9 Å². The third kappa shape index (κ3) is 3.60. The fourth-order valence-electron chi connectivity index (χ4n) is 4.30. The summed E-state index contributed by atoms with van der Waals surface area (Å²) in [5, 5.41) is 0. The number of rotatable bonds is 3. The first-order valence-corrected chi connectivity index (χ1v) is 9.77. The second-order valence-electron chi connectivity index (χ2n) is 7.42. The molecule has 1 saturated carbocycles. The molecule has 2 aliphatic rings. The van der Waals surface area contributed by atoms with Crippen LogP contribution in [0.2, 0.25) is 0 Å². The van der Waals surface area contributed by atoms with Crippen LogP contribution >= 0.6 is 0 Å². The zero-order chi connectivity index (χ0) is 18.0. The van der Waals surface area contributed by atoms with Crippen LogP contribution in [0, 0.1) is 5.41 Å². The number of nitrogens with zero attached hydrogens (tertiary/aromatic N) is 1. The van der Waals surface area contributed by atoms with Crippen molar-refractivity contribution in [3.63, 3.8) is 0 Å². The second kappa shape index (κ2) is 7.45. The van der Waals surface area contributed by atoms with Gasteiger partial charge >= 0.3 is 159 Å². The average Bonchev–Trinajstić information content (AvgIpc) is 2.87. The molecule has 1 amide bonds. The van der Waals surface area contributed by atoms with E-state index in [1.54, 1.807) is 0 Å². The summed E-state index contributed by atoms with van der Waals surface area (Å²) in [6, 6.07) is 8.50. The molecule has 0 radical (unpaired) electrons. The van der Waals surface area contributed by atoms with E-state index in [2.05, 4.69) is 41.8 Å². The molecular formula is C21H26N2OV. The van der Waals surface area contributed by atoms with Crippen LogP contribution in [-0.2, 0) is 28.2 Å². The van der Waals surface area contributed by atoms with Crippen molar-refractivity contribution in [2.24, 2.45) is 11.1 Å². The van der Waals surface area contributed by atoms with E-state index < -0.39 is 0 Å². The fourth-order valence-corrected chi connectivity index (χ4v) is 4.42. The molecule has 131 valence electrons. The van der Waals surface area contributed by atoms with Gasteiger partial charge in [-0.1, -0.05) is 0 Å². The number of anilines is 1. The Bertz CT molecular complexity index is 739. The Morgan fingerprint density at radius 1 is 1.40 bits per heavy atom. The first kappa shape index (κ1) is 18.4. The van der Waals surface area contributed by atoms with Gasteiger partial charge in [-0.3, -0.25) is 0 Å². The molecule has 1 aromatic carbocycles. The minimum absolute atomic E-state index is 0.00947. The third-order valence-corrected chi connectivity index (χ3v) is 6.40. The van der Waals surface area contributed by atoms with E-state index in [0.29, 0.717) is 12.1 Å². The zero-order valence-corrected chi connectivity index (χ0v) is 16.3. The van der Waals surface area contributed by atoms with Gasteiger partial charge in [0.1, 0.15) is 0 Å². The average molecular weight is 373 g/mol. The van der Waals surface area contributed by atoms with Gasteiger partial charge in [0, 0.05) is 0 Å². The standard InChI is InChI=1S/C21H26N2O.V/c1-15(2)13-16(3)20(24)23-12-11-21(10-6-9-19(21)22)14-17-7-4-5-8-18(17)23;/h1,4-5,7-8,13,19H,3,6,9-12,14,22H2,2H3;/b15-13+;. The SMILES string of the molecule is C=C(/C=C(/C)[CH]=[V])C(=O)N1CCC2(CCCC2N)Cc2ccccc21. The minimum atomic E-state index is -0.00947. The molecule has 0 aromatic heterocycles. The number of amides is 1. The first-order chi connectivity index (χ1) is 12.0. The first-order valence-electron chi connectivity index (χ1n) is 8.97. The number of carbonyl (C=O) groups is 1. The van der Waals surface area contributed by atoms with Crippen molar-refractivity contribution >= 4 is 16.3 Å². The van der Waals surface area contributed by atoms with Gasteiger partial charge in [0.15, 0.2) is 0 Å². The molecule has 3 rings (SSSR count). The van der Waals surface area contributed by atoms with Gasteiger partial charge in [0.2, 0.25) is 0 Å². The van der Waals surface area contributed by atoms with E-state index in [4.69, 9.17) is 5.73 Å². The van der Waals surface area contributed by atoms with Gasteiger partial charge in [-0.05, 0) is 0 Å². The molecule has 2 N–H and O–H groups in total. The summed E-state index contributed by atoms with van der Waals surface area (Å²) in [6.45, 7) is 6.69. The molecule has 0 bridgehead atoms. The van der Waals surface area contributed by atoms with Crippen LogP contribution in [0.4, 0.5) is 5.69 Å². The molecule has 1 heterocycles. The second-order valence-corrected chi connectivity index (χ2v) is 7.82. The number of fused-ring (bicyclic) bond motifs is 1. The molecule has 2 atom stereocenters. The van der Waals surface area contributed by atoms with Crippen LogP contribution in [-0.4, -0.2) is 23.2 Å². The van der Waals surface area contributed by atoms with Crippen molar-refractivity contribution in [2.45, 2.75) is 45.1 Å². The summed E-state index contributed by atoms with van der Waals surface area (Å²) in [6.07, 6.45) is 7.22. The summed E-state index contributed by atoms with van der Waals surface area (Å²) in [5.41, 5.74) is 10.4. The monoisotopic (exact) mass is 373 g/mol. The normalized spacial score (nSPS) is 26.2. The molecule has 25 heavy (non-hydrogen) atoms. The summed E-state index contributed by atoms with van der Waals surface area (Å²) in [4.78, 5) is 15.0. The Morgan fingerprint density at radius 2 is 2.16 bits per heavy atom. The van der Waals surface area contributed by atoms with Crippen LogP contribution in [0.15, 0.2) is 48.1 Å². The predicted octanol–water partition coefficient (Wildman–Crippen LogP) is 3.31. The van der Waals surface area contributed by atoms with Crippen LogP contribution in [0.25, 0.3) is 0 Å². The van der Waals surface area contributed by atoms with E-state index in [1.165, 1.54) is 12.0 Å². The number of carbonyl (C=O) groups excluding carboxylic acids is 1. The Kier molecular flexibility index (Phi) is 5.48. The Morgan fingerprint density at radius 3 is 2.84 bits per heavy atom. The van der Waals surface area contributed by atoms with E-state index >= 15 is 0 Å². The quantitative estimate of drug-likeness (QED) is 0.653. The van der Waals surface area contributed by atoms with Crippen molar-refractivity contribution < 1.29 is 21.8 Å². The Hall–Kier alpha value is -1.42. The molecule has 3 nitrogen and oxygen atoms in total. The molecule has 4 heteroatoms. The van der Waals surface area contributed by atoms with Crippen LogP contribution in [0.1, 0.15) is 38.2 Å². The van der Waals surface area contributed by atoms with Gasteiger partial charge in [-0.2, -0.15) is 0 Å². The van der Waals surface area contributed by atoms with Crippen LogP contribution in [0.3, 0.4) is 0 Å². The fraction of sp³-hybridized carbons (Fsp3) is 0.429. The van der Waals surface area contributed by atoms with Gasteiger partial charge in [-0.15, -0.1) is 0 Å². The van der Waals surface area contributed by atoms with Crippen LogP contribution in [0.5, 0.6) is 0 Å². The van der Waals surface area contributed by atoms with Gasteiger partial charge in [-0.25, -0.2) is 0 Å². The molecular weight excluding hydrogens is 347 g/mol. The molecule has 2 unspecified atom stereocenters. The number of nitrogens with two attached hydrogens (primary N) is 1. The summed E-state index contributed by atoms with van der Waals surface area (Å²) in [5.74, 6) is -0.00947. The van der Waals surface area contributed by atoms with Gasteiger partial charge in [0.05, 0.1) is 0 Å². The molecule has 0 saturated heterocycles. The molecule has 1 spiro atoms. The summed E-state index contributed by atoms with van der Waals surface area (Å²) >= 11 is 2.41. The van der Waals surface area contributed by atoms with E-state index in [9.17, 15) is 4.79 Å². The van der Waals surface area contributed by atoms with E-state index in [1.807, 2.05) is 28.7 Å². The number of hydrogen-bond acceptors (Lipinski definition) is 2. The molecule has 1 fully saturated rings. The van der Waals surface area contributed by atoms with Gasteiger partial charge < -0.3 is 0 Å². The van der Waals surface area contributed by atoms with Gasteiger partial charge in [0.25, 0.3) is 0 Å². The summed E-state index contributed by atoms with van der Waals surface area (Å²) < 4.78 is 1.92. The third-order valence-electron chi connectivity index (χ3n) is 5.76.